The Bertz CT molecular complexity index is 274. The molecule has 0 aromatic heterocycles. The monoisotopic (exact) mass is 236 g/mol. The maximum Gasteiger partial charge on any atom is 0.0263 e. The van der Waals surface area contributed by atoms with E-state index >= 15 is 0 Å². The van der Waals surface area contributed by atoms with Crippen molar-refractivity contribution in [1.82, 2.24) is 10.2 Å². The first kappa shape index (κ1) is 12.0. The highest BCUT2D eigenvalue weighted by Gasteiger charge is 2.40. The minimum absolute atomic E-state index is 0.585. The first-order valence-corrected chi connectivity index (χ1v) is 7.62. The number of nitrogens with one attached hydrogen (secondary N) is 1. The topological polar surface area (TPSA) is 15.3 Å². The number of nitrogens with zero attached hydrogens (tertiary/aromatic N) is 1. The van der Waals surface area contributed by atoms with Crippen LogP contribution < -0.4 is 5.32 Å². The van der Waals surface area contributed by atoms with E-state index in [2.05, 4.69) is 24.1 Å². The average Bonchev–Trinajstić information content (AvgIpc) is 2.75. The standard InChI is InChI=1S/C15H28N2/c1-15(2)7-3-6-13(9-15)17-8-4-5-12-10-16-11-14(12)17/h12-14,16H,3-11H2,1-2H3. The van der Waals surface area contributed by atoms with Crippen molar-refractivity contribution in [1.29, 1.82) is 0 Å². The molecule has 0 aromatic rings. The fourth-order valence-corrected chi connectivity index (χ4v) is 4.50. The lowest BCUT2D eigenvalue weighted by Crippen LogP contribution is -2.52. The first-order valence-electron chi connectivity index (χ1n) is 7.62. The highest BCUT2D eigenvalue weighted by Crippen LogP contribution is 2.40. The van der Waals surface area contributed by atoms with Crippen molar-refractivity contribution in [2.24, 2.45) is 11.3 Å². The van der Waals surface area contributed by atoms with Crippen molar-refractivity contribution in [3.05, 3.63) is 0 Å². The van der Waals surface area contributed by atoms with Crippen LogP contribution >= 0.6 is 0 Å². The lowest BCUT2D eigenvalue weighted by Gasteiger charge is -2.47. The van der Waals surface area contributed by atoms with E-state index < -0.39 is 0 Å². The van der Waals surface area contributed by atoms with E-state index in [1.54, 1.807) is 0 Å². The number of piperidine rings is 1. The summed E-state index contributed by atoms with van der Waals surface area (Å²) < 4.78 is 0. The summed E-state index contributed by atoms with van der Waals surface area (Å²) in [7, 11) is 0. The molecule has 3 atom stereocenters. The van der Waals surface area contributed by atoms with Crippen LogP contribution in [0.2, 0.25) is 0 Å². The fraction of sp³-hybridized carbons (Fsp3) is 1.00. The van der Waals surface area contributed by atoms with Crippen molar-refractivity contribution >= 4 is 0 Å². The summed E-state index contributed by atoms with van der Waals surface area (Å²) in [5.74, 6) is 0.953. The maximum absolute atomic E-state index is 3.61. The Balaban J connectivity index is 1.70. The molecule has 3 unspecified atom stereocenters. The van der Waals surface area contributed by atoms with Crippen molar-refractivity contribution in [3.63, 3.8) is 0 Å². The van der Waals surface area contributed by atoms with Gasteiger partial charge in [0.2, 0.25) is 0 Å². The maximum atomic E-state index is 3.61. The van der Waals surface area contributed by atoms with Crippen molar-refractivity contribution in [2.75, 3.05) is 19.6 Å². The zero-order valence-corrected chi connectivity index (χ0v) is 11.5. The molecule has 0 bridgehead atoms. The van der Waals surface area contributed by atoms with Crippen LogP contribution in [0.25, 0.3) is 0 Å². The second-order valence-electron chi connectivity index (χ2n) is 7.28. The number of likely N-dealkylation sites (tertiary alicyclic amines) is 1. The van der Waals surface area contributed by atoms with E-state index in [9.17, 15) is 0 Å². The van der Waals surface area contributed by atoms with Gasteiger partial charge >= 0.3 is 0 Å². The molecule has 98 valence electrons. The lowest BCUT2D eigenvalue weighted by molar-refractivity contribution is 0.0286. The van der Waals surface area contributed by atoms with Crippen molar-refractivity contribution in [2.45, 2.75) is 64.5 Å². The third-order valence-corrected chi connectivity index (χ3v) is 5.37. The molecule has 1 aliphatic carbocycles. The third-order valence-electron chi connectivity index (χ3n) is 5.37. The summed E-state index contributed by atoms with van der Waals surface area (Å²) in [4.78, 5) is 2.88. The van der Waals surface area contributed by atoms with E-state index in [0.717, 1.165) is 18.0 Å². The second kappa shape index (κ2) is 4.55. The zero-order chi connectivity index (χ0) is 11.9. The highest BCUT2D eigenvalue weighted by atomic mass is 15.2. The lowest BCUT2D eigenvalue weighted by atomic mass is 9.73. The molecule has 0 aromatic carbocycles. The molecule has 17 heavy (non-hydrogen) atoms. The Labute approximate surface area is 106 Å². The third kappa shape index (κ3) is 2.39. The predicted molar refractivity (Wildman–Crippen MR) is 72.1 cm³/mol. The summed E-state index contributed by atoms with van der Waals surface area (Å²) >= 11 is 0. The number of hydrogen-bond acceptors (Lipinski definition) is 2. The quantitative estimate of drug-likeness (QED) is 0.753. The van der Waals surface area contributed by atoms with E-state index in [1.807, 2.05) is 0 Å². The van der Waals surface area contributed by atoms with Gasteiger partial charge in [0.15, 0.2) is 0 Å². The summed E-state index contributed by atoms with van der Waals surface area (Å²) in [6.07, 6.45) is 8.65. The molecule has 2 saturated heterocycles. The van der Waals surface area contributed by atoms with Crippen molar-refractivity contribution in [3.8, 4) is 0 Å². The van der Waals surface area contributed by atoms with Gasteiger partial charge in [-0.05, 0) is 56.5 Å². The van der Waals surface area contributed by atoms with Gasteiger partial charge in [-0.15, -0.1) is 0 Å². The highest BCUT2D eigenvalue weighted by molar-refractivity contribution is 4.96. The number of rotatable bonds is 1. The van der Waals surface area contributed by atoms with E-state index in [-0.39, 0.29) is 0 Å². The molecule has 3 rings (SSSR count). The van der Waals surface area contributed by atoms with Gasteiger partial charge in [-0.3, -0.25) is 4.90 Å². The molecule has 2 heterocycles. The minimum atomic E-state index is 0.585. The van der Waals surface area contributed by atoms with Gasteiger partial charge in [0.05, 0.1) is 0 Å². The van der Waals surface area contributed by atoms with Crippen LogP contribution in [0, 0.1) is 11.3 Å². The zero-order valence-electron chi connectivity index (χ0n) is 11.5. The van der Waals surface area contributed by atoms with Gasteiger partial charge in [0.25, 0.3) is 0 Å². The average molecular weight is 236 g/mol. The Hall–Kier alpha value is -0.0800. The molecule has 1 N–H and O–H groups in total. The van der Waals surface area contributed by atoms with Gasteiger partial charge in [0.1, 0.15) is 0 Å². The van der Waals surface area contributed by atoms with Gasteiger partial charge in [0, 0.05) is 18.6 Å². The Morgan fingerprint density at radius 1 is 1.12 bits per heavy atom. The molecule has 0 amide bonds. The molecule has 3 fully saturated rings. The molecule has 3 aliphatic rings. The first-order chi connectivity index (χ1) is 8.16. The van der Waals surface area contributed by atoms with Gasteiger partial charge < -0.3 is 5.32 Å². The minimum Gasteiger partial charge on any atom is -0.315 e. The van der Waals surface area contributed by atoms with Crippen LogP contribution in [0.3, 0.4) is 0 Å². The van der Waals surface area contributed by atoms with E-state index in [4.69, 9.17) is 0 Å². The molecule has 0 spiro atoms. The normalized spacial score (nSPS) is 42.4. The number of hydrogen-bond donors (Lipinski definition) is 1. The number of fused-ring (bicyclic) bond motifs is 1. The Kier molecular flexibility index (Phi) is 3.20. The summed E-state index contributed by atoms with van der Waals surface area (Å²) in [5, 5.41) is 3.61. The Morgan fingerprint density at radius 3 is 2.82 bits per heavy atom. The smallest absolute Gasteiger partial charge is 0.0263 e. The largest absolute Gasteiger partial charge is 0.315 e. The molecule has 1 saturated carbocycles. The van der Waals surface area contributed by atoms with Crippen LogP contribution in [-0.4, -0.2) is 36.6 Å². The summed E-state index contributed by atoms with van der Waals surface area (Å²) in [6.45, 7) is 8.82. The summed E-state index contributed by atoms with van der Waals surface area (Å²) in [6, 6.07) is 1.74. The Morgan fingerprint density at radius 2 is 2.00 bits per heavy atom. The molecular weight excluding hydrogens is 208 g/mol. The predicted octanol–water partition coefficient (Wildman–Crippen LogP) is 2.64. The van der Waals surface area contributed by atoms with Crippen LogP contribution in [-0.2, 0) is 0 Å². The fourth-order valence-electron chi connectivity index (χ4n) is 4.50. The van der Waals surface area contributed by atoms with Crippen molar-refractivity contribution < 1.29 is 0 Å². The molecule has 2 aliphatic heterocycles. The van der Waals surface area contributed by atoms with Gasteiger partial charge in [-0.1, -0.05) is 20.3 Å². The SMILES string of the molecule is CC1(C)CCCC(N2CCCC3CNCC32)C1. The van der Waals surface area contributed by atoms with Crippen LogP contribution in [0.4, 0.5) is 0 Å². The van der Waals surface area contributed by atoms with Gasteiger partial charge in [-0.2, -0.15) is 0 Å². The van der Waals surface area contributed by atoms with Crippen LogP contribution in [0.15, 0.2) is 0 Å². The van der Waals surface area contributed by atoms with Crippen LogP contribution in [0.1, 0.15) is 52.4 Å². The van der Waals surface area contributed by atoms with Gasteiger partial charge in [-0.25, -0.2) is 0 Å². The summed E-state index contributed by atoms with van der Waals surface area (Å²) in [5.41, 5.74) is 0.585. The second-order valence-corrected chi connectivity index (χ2v) is 7.28. The molecule has 0 radical (unpaired) electrons. The molecular formula is C15H28N2. The molecule has 2 nitrogen and oxygen atoms in total. The van der Waals surface area contributed by atoms with E-state index in [0.29, 0.717) is 5.41 Å². The van der Waals surface area contributed by atoms with Crippen LogP contribution in [0.5, 0.6) is 0 Å². The van der Waals surface area contributed by atoms with E-state index in [1.165, 1.54) is 58.2 Å². The molecule has 2 heteroatoms.